The SMILES string of the molecule is Cc1ccc2nc(-c3ccc(CNC(=O)c4cc5ccccc5o4)cc3)oc2c1. The Morgan fingerprint density at radius 1 is 0.931 bits per heavy atom. The number of benzene rings is 3. The fraction of sp³-hybridized carbons (Fsp3) is 0.0833. The molecule has 29 heavy (non-hydrogen) atoms. The van der Waals surface area contributed by atoms with Crippen LogP contribution in [0.25, 0.3) is 33.5 Å². The maximum Gasteiger partial charge on any atom is 0.287 e. The van der Waals surface area contributed by atoms with E-state index in [9.17, 15) is 4.79 Å². The van der Waals surface area contributed by atoms with E-state index in [-0.39, 0.29) is 5.91 Å². The van der Waals surface area contributed by atoms with Gasteiger partial charge in [-0.15, -0.1) is 0 Å². The van der Waals surface area contributed by atoms with E-state index in [2.05, 4.69) is 10.3 Å². The summed E-state index contributed by atoms with van der Waals surface area (Å²) in [5, 5.41) is 3.80. The number of furan rings is 1. The number of carbonyl (C=O) groups excluding carboxylic acids is 1. The molecule has 1 N–H and O–H groups in total. The zero-order chi connectivity index (χ0) is 19.8. The molecule has 2 aromatic heterocycles. The number of carbonyl (C=O) groups is 1. The van der Waals surface area contributed by atoms with Gasteiger partial charge < -0.3 is 14.2 Å². The number of aromatic nitrogens is 1. The Hall–Kier alpha value is -3.86. The number of para-hydroxylation sites is 1. The Balaban J connectivity index is 1.29. The lowest BCUT2D eigenvalue weighted by molar-refractivity contribution is 0.0925. The first-order valence-corrected chi connectivity index (χ1v) is 9.39. The fourth-order valence-electron chi connectivity index (χ4n) is 3.28. The van der Waals surface area contributed by atoms with Gasteiger partial charge in [0.25, 0.3) is 5.91 Å². The summed E-state index contributed by atoms with van der Waals surface area (Å²) in [5.74, 6) is 0.660. The van der Waals surface area contributed by atoms with Gasteiger partial charge in [0, 0.05) is 17.5 Å². The smallest absolute Gasteiger partial charge is 0.287 e. The fourth-order valence-corrected chi connectivity index (χ4v) is 3.28. The summed E-state index contributed by atoms with van der Waals surface area (Å²) >= 11 is 0. The molecule has 0 fully saturated rings. The number of amides is 1. The largest absolute Gasteiger partial charge is 0.451 e. The minimum Gasteiger partial charge on any atom is -0.451 e. The van der Waals surface area contributed by atoms with Crippen LogP contribution in [-0.4, -0.2) is 10.9 Å². The van der Waals surface area contributed by atoms with Crippen LogP contribution in [0.15, 0.2) is 81.6 Å². The van der Waals surface area contributed by atoms with E-state index in [0.717, 1.165) is 33.2 Å². The lowest BCUT2D eigenvalue weighted by Crippen LogP contribution is -2.22. The summed E-state index contributed by atoms with van der Waals surface area (Å²) in [5.41, 5.74) is 5.33. The van der Waals surface area contributed by atoms with E-state index < -0.39 is 0 Å². The van der Waals surface area contributed by atoms with Crippen molar-refractivity contribution >= 4 is 28.0 Å². The van der Waals surface area contributed by atoms with Crippen molar-refractivity contribution in [3.63, 3.8) is 0 Å². The molecular formula is C24H18N2O3. The normalized spacial score (nSPS) is 11.2. The molecule has 0 saturated carbocycles. The van der Waals surface area contributed by atoms with E-state index in [1.807, 2.05) is 73.7 Å². The van der Waals surface area contributed by atoms with Gasteiger partial charge in [0.15, 0.2) is 11.3 Å². The van der Waals surface area contributed by atoms with E-state index in [4.69, 9.17) is 8.83 Å². The average molecular weight is 382 g/mol. The van der Waals surface area contributed by atoms with E-state index >= 15 is 0 Å². The molecule has 0 spiro atoms. The Labute approximate surface area is 167 Å². The van der Waals surface area contributed by atoms with Gasteiger partial charge in [-0.3, -0.25) is 4.79 Å². The average Bonchev–Trinajstić information content (AvgIpc) is 3.36. The van der Waals surface area contributed by atoms with Crippen molar-refractivity contribution in [2.75, 3.05) is 0 Å². The number of hydrogen-bond acceptors (Lipinski definition) is 4. The van der Waals surface area contributed by atoms with Crippen LogP contribution in [0.4, 0.5) is 0 Å². The highest BCUT2D eigenvalue weighted by molar-refractivity contribution is 5.96. The predicted octanol–water partition coefficient (Wildman–Crippen LogP) is 5.48. The molecule has 3 aromatic carbocycles. The third-order valence-electron chi connectivity index (χ3n) is 4.85. The van der Waals surface area contributed by atoms with Crippen molar-refractivity contribution in [2.45, 2.75) is 13.5 Å². The van der Waals surface area contributed by atoms with Gasteiger partial charge in [-0.2, -0.15) is 0 Å². The highest BCUT2D eigenvalue weighted by Crippen LogP contribution is 2.25. The molecule has 2 heterocycles. The van der Waals surface area contributed by atoms with Gasteiger partial charge in [0.1, 0.15) is 11.1 Å². The van der Waals surface area contributed by atoms with E-state index in [0.29, 0.717) is 23.8 Å². The zero-order valence-corrected chi connectivity index (χ0v) is 15.8. The molecule has 5 rings (SSSR count). The first kappa shape index (κ1) is 17.3. The Kier molecular flexibility index (Phi) is 4.13. The highest BCUT2D eigenvalue weighted by Gasteiger charge is 2.12. The van der Waals surface area contributed by atoms with Gasteiger partial charge in [0.2, 0.25) is 5.89 Å². The van der Waals surface area contributed by atoms with Gasteiger partial charge in [-0.05, 0) is 54.4 Å². The Morgan fingerprint density at radius 2 is 1.76 bits per heavy atom. The second kappa shape index (κ2) is 6.95. The number of nitrogens with zero attached hydrogens (tertiary/aromatic N) is 1. The summed E-state index contributed by atoms with van der Waals surface area (Å²) in [6.07, 6.45) is 0. The van der Waals surface area contributed by atoms with Crippen LogP contribution < -0.4 is 5.32 Å². The summed E-state index contributed by atoms with van der Waals surface area (Å²) in [6, 6.07) is 23.1. The molecule has 0 atom stereocenters. The number of hydrogen-bond donors (Lipinski definition) is 1. The molecule has 5 nitrogen and oxygen atoms in total. The molecule has 0 saturated heterocycles. The maximum atomic E-state index is 12.4. The minimum absolute atomic E-state index is 0.236. The molecule has 0 bridgehead atoms. The molecule has 0 aliphatic rings. The maximum absolute atomic E-state index is 12.4. The molecule has 0 aliphatic carbocycles. The lowest BCUT2D eigenvalue weighted by Gasteiger charge is -2.04. The van der Waals surface area contributed by atoms with E-state index in [1.165, 1.54) is 0 Å². The van der Waals surface area contributed by atoms with Gasteiger partial charge >= 0.3 is 0 Å². The van der Waals surface area contributed by atoms with Gasteiger partial charge in [-0.25, -0.2) is 4.98 Å². The second-order valence-electron chi connectivity index (χ2n) is 7.02. The monoisotopic (exact) mass is 382 g/mol. The predicted molar refractivity (Wildman–Crippen MR) is 112 cm³/mol. The van der Waals surface area contributed by atoms with Gasteiger partial charge in [0.05, 0.1) is 0 Å². The lowest BCUT2D eigenvalue weighted by atomic mass is 10.1. The van der Waals surface area contributed by atoms with Crippen LogP contribution in [0.3, 0.4) is 0 Å². The minimum atomic E-state index is -0.236. The van der Waals surface area contributed by atoms with Crippen LogP contribution in [0, 0.1) is 6.92 Å². The van der Waals surface area contributed by atoms with Crippen LogP contribution in [0.2, 0.25) is 0 Å². The third-order valence-corrected chi connectivity index (χ3v) is 4.85. The molecule has 1 amide bonds. The summed E-state index contributed by atoms with van der Waals surface area (Å²) in [7, 11) is 0. The Morgan fingerprint density at radius 3 is 2.59 bits per heavy atom. The highest BCUT2D eigenvalue weighted by atomic mass is 16.4. The Bertz CT molecular complexity index is 1300. The summed E-state index contributed by atoms with van der Waals surface area (Å²) < 4.78 is 11.5. The second-order valence-corrected chi connectivity index (χ2v) is 7.02. The number of fused-ring (bicyclic) bond motifs is 2. The van der Waals surface area contributed by atoms with Crippen LogP contribution in [0.1, 0.15) is 21.7 Å². The van der Waals surface area contributed by atoms with Crippen molar-refractivity contribution in [2.24, 2.45) is 0 Å². The molecule has 5 heteroatoms. The standard InChI is InChI=1S/C24H18N2O3/c1-15-6-11-19-21(12-15)29-24(26-19)17-9-7-16(8-10-17)14-25-23(27)22-13-18-4-2-3-5-20(18)28-22/h2-13H,14H2,1H3,(H,25,27). The van der Waals surface area contributed by atoms with E-state index in [1.54, 1.807) is 6.07 Å². The van der Waals surface area contributed by atoms with Gasteiger partial charge in [-0.1, -0.05) is 36.4 Å². The number of nitrogens with one attached hydrogen (secondary N) is 1. The first-order chi connectivity index (χ1) is 14.2. The molecule has 142 valence electrons. The van der Waals surface area contributed by atoms with Crippen LogP contribution in [0.5, 0.6) is 0 Å². The van der Waals surface area contributed by atoms with Crippen molar-refractivity contribution in [3.05, 3.63) is 89.7 Å². The van der Waals surface area contributed by atoms with Crippen molar-refractivity contribution in [3.8, 4) is 11.5 Å². The van der Waals surface area contributed by atoms with Crippen molar-refractivity contribution in [1.29, 1.82) is 0 Å². The number of rotatable bonds is 4. The molecule has 5 aromatic rings. The first-order valence-electron chi connectivity index (χ1n) is 9.39. The topological polar surface area (TPSA) is 68.3 Å². The molecular weight excluding hydrogens is 364 g/mol. The quantitative estimate of drug-likeness (QED) is 0.447. The molecule has 0 radical (unpaired) electrons. The number of aryl methyl sites for hydroxylation is 1. The zero-order valence-electron chi connectivity index (χ0n) is 15.8. The number of oxazole rings is 1. The summed E-state index contributed by atoms with van der Waals surface area (Å²) in [6.45, 7) is 2.43. The van der Waals surface area contributed by atoms with Crippen molar-refractivity contribution < 1.29 is 13.6 Å². The molecule has 0 aliphatic heterocycles. The molecule has 0 unspecified atom stereocenters. The van der Waals surface area contributed by atoms with Crippen LogP contribution >= 0.6 is 0 Å². The third kappa shape index (κ3) is 3.38. The summed E-state index contributed by atoms with van der Waals surface area (Å²) in [4.78, 5) is 16.9. The van der Waals surface area contributed by atoms with Crippen LogP contribution in [-0.2, 0) is 6.54 Å². The van der Waals surface area contributed by atoms with Crippen molar-refractivity contribution in [1.82, 2.24) is 10.3 Å².